The second-order valence-corrected chi connectivity index (χ2v) is 6.28. The van der Waals surface area contributed by atoms with E-state index in [0.717, 1.165) is 18.7 Å². The summed E-state index contributed by atoms with van der Waals surface area (Å²) in [5, 5.41) is 0. The molecular formula is C15H18N2O2S. The standard InChI is InChI=1S/C15H18N2O2S/c1-11(18)17-10-20-9-14(17)15(19)16-7-6-12-4-2-3-5-13(12)8-16/h2-5,14H,6-10H2,1H3. The molecule has 3 rings (SSSR count). The van der Waals surface area contributed by atoms with Crippen LogP contribution < -0.4 is 0 Å². The molecule has 106 valence electrons. The minimum Gasteiger partial charge on any atom is -0.336 e. The topological polar surface area (TPSA) is 40.6 Å². The lowest BCUT2D eigenvalue weighted by atomic mass is 9.99. The zero-order valence-electron chi connectivity index (χ0n) is 11.5. The lowest BCUT2D eigenvalue weighted by Gasteiger charge is -2.33. The van der Waals surface area contributed by atoms with Gasteiger partial charge in [-0.05, 0) is 17.5 Å². The fraction of sp³-hybridized carbons (Fsp3) is 0.467. The van der Waals surface area contributed by atoms with Gasteiger partial charge in [-0.1, -0.05) is 24.3 Å². The summed E-state index contributed by atoms with van der Waals surface area (Å²) in [5.41, 5.74) is 2.56. The lowest BCUT2D eigenvalue weighted by Crippen LogP contribution is -2.49. The van der Waals surface area contributed by atoms with Crippen LogP contribution in [-0.4, -0.2) is 45.8 Å². The van der Waals surface area contributed by atoms with Crippen molar-refractivity contribution in [1.82, 2.24) is 9.80 Å². The van der Waals surface area contributed by atoms with Gasteiger partial charge in [0, 0.05) is 25.8 Å². The van der Waals surface area contributed by atoms with E-state index >= 15 is 0 Å². The Kier molecular flexibility index (Phi) is 3.70. The van der Waals surface area contributed by atoms with Gasteiger partial charge in [-0.25, -0.2) is 0 Å². The summed E-state index contributed by atoms with van der Waals surface area (Å²) in [7, 11) is 0. The van der Waals surface area contributed by atoms with Crippen LogP contribution in [0.2, 0.25) is 0 Å². The van der Waals surface area contributed by atoms with E-state index in [-0.39, 0.29) is 17.9 Å². The molecule has 2 aliphatic heterocycles. The monoisotopic (exact) mass is 290 g/mol. The van der Waals surface area contributed by atoms with Gasteiger partial charge in [0.2, 0.25) is 11.8 Å². The molecule has 4 nitrogen and oxygen atoms in total. The zero-order valence-corrected chi connectivity index (χ0v) is 12.4. The Balaban J connectivity index is 1.74. The highest BCUT2D eigenvalue weighted by Gasteiger charge is 2.36. The highest BCUT2D eigenvalue weighted by molar-refractivity contribution is 7.99. The summed E-state index contributed by atoms with van der Waals surface area (Å²) >= 11 is 1.65. The van der Waals surface area contributed by atoms with Gasteiger partial charge < -0.3 is 9.80 Å². The first-order chi connectivity index (χ1) is 9.66. The average Bonchev–Trinajstić information content (AvgIpc) is 2.95. The van der Waals surface area contributed by atoms with E-state index in [1.165, 1.54) is 18.1 Å². The molecule has 0 saturated carbocycles. The fourth-order valence-corrected chi connectivity index (χ4v) is 4.06. The minimum absolute atomic E-state index is 0.00856. The molecule has 1 atom stereocenters. The van der Waals surface area contributed by atoms with Crippen LogP contribution in [0.5, 0.6) is 0 Å². The molecule has 0 bridgehead atoms. The quantitative estimate of drug-likeness (QED) is 0.787. The van der Waals surface area contributed by atoms with Crippen molar-refractivity contribution >= 4 is 23.6 Å². The maximum atomic E-state index is 12.6. The number of nitrogens with zero attached hydrogens (tertiary/aromatic N) is 2. The van der Waals surface area contributed by atoms with Gasteiger partial charge in [0.15, 0.2) is 0 Å². The van der Waals surface area contributed by atoms with Gasteiger partial charge in [0.05, 0.1) is 5.88 Å². The van der Waals surface area contributed by atoms with E-state index in [2.05, 4.69) is 12.1 Å². The maximum absolute atomic E-state index is 12.6. The van der Waals surface area contributed by atoms with E-state index in [0.29, 0.717) is 12.4 Å². The Bertz CT molecular complexity index is 546. The molecule has 1 aromatic rings. The van der Waals surface area contributed by atoms with E-state index in [1.807, 2.05) is 17.0 Å². The SMILES string of the molecule is CC(=O)N1CSCC1C(=O)N1CCc2ccccc2C1. The number of carbonyl (C=O) groups is 2. The van der Waals surface area contributed by atoms with Gasteiger partial charge in [-0.3, -0.25) is 9.59 Å². The summed E-state index contributed by atoms with van der Waals surface area (Å²) in [6.45, 7) is 2.96. The van der Waals surface area contributed by atoms with Crippen molar-refractivity contribution in [2.75, 3.05) is 18.2 Å². The summed E-state index contributed by atoms with van der Waals surface area (Å²) in [5.74, 6) is 1.44. The smallest absolute Gasteiger partial charge is 0.246 e. The van der Waals surface area contributed by atoms with Crippen LogP contribution in [0.4, 0.5) is 0 Å². The lowest BCUT2D eigenvalue weighted by molar-refractivity contribution is -0.143. The van der Waals surface area contributed by atoms with Crippen molar-refractivity contribution in [2.24, 2.45) is 0 Å². The van der Waals surface area contributed by atoms with Crippen LogP contribution in [0.25, 0.3) is 0 Å². The maximum Gasteiger partial charge on any atom is 0.246 e. The van der Waals surface area contributed by atoms with E-state index in [1.54, 1.807) is 16.7 Å². The molecule has 2 amide bonds. The highest BCUT2D eigenvalue weighted by Crippen LogP contribution is 2.25. The van der Waals surface area contributed by atoms with Crippen molar-refractivity contribution in [3.63, 3.8) is 0 Å². The molecule has 2 aliphatic rings. The summed E-state index contributed by atoms with van der Waals surface area (Å²) in [6.07, 6.45) is 0.905. The van der Waals surface area contributed by atoms with Crippen molar-refractivity contribution in [1.29, 1.82) is 0 Å². The summed E-state index contributed by atoms with van der Waals surface area (Å²) in [6, 6.07) is 8.00. The number of thioether (sulfide) groups is 1. The largest absolute Gasteiger partial charge is 0.336 e. The van der Waals surface area contributed by atoms with Crippen LogP contribution in [-0.2, 0) is 22.6 Å². The third-order valence-electron chi connectivity index (χ3n) is 4.01. The molecule has 1 saturated heterocycles. The third kappa shape index (κ3) is 2.42. The summed E-state index contributed by atoms with van der Waals surface area (Å²) < 4.78 is 0. The van der Waals surface area contributed by atoms with E-state index in [4.69, 9.17) is 0 Å². The number of hydrogen-bond acceptors (Lipinski definition) is 3. The van der Waals surface area contributed by atoms with Crippen molar-refractivity contribution in [3.05, 3.63) is 35.4 Å². The van der Waals surface area contributed by atoms with Crippen molar-refractivity contribution in [2.45, 2.75) is 25.9 Å². The fourth-order valence-electron chi connectivity index (χ4n) is 2.85. The molecule has 20 heavy (non-hydrogen) atoms. The van der Waals surface area contributed by atoms with E-state index < -0.39 is 0 Å². The number of amides is 2. The van der Waals surface area contributed by atoms with Gasteiger partial charge in [-0.15, -0.1) is 11.8 Å². The first-order valence-corrected chi connectivity index (χ1v) is 8.03. The molecular weight excluding hydrogens is 272 g/mol. The van der Waals surface area contributed by atoms with Gasteiger partial charge in [0.1, 0.15) is 6.04 Å². The highest BCUT2D eigenvalue weighted by atomic mass is 32.2. The second kappa shape index (κ2) is 5.48. The Morgan fingerprint density at radius 3 is 2.75 bits per heavy atom. The number of carbonyl (C=O) groups excluding carboxylic acids is 2. The minimum atomic E-state index is -0.275. The van der Waals surface area contributed by atoms with Gasteiger partial charge >= 0.3 is 0 Å². The number of benzene rings is 1. The first-order valence-electron chi connectivity index (χ1n) is 6.87. The molecule has 5 heteroatoms. The van der Waals surface area contributed by atoms with Crippen molar-refractivity contribution in [3.8, 4) is 0 Å². The molecule has 2 heterocycles. The predicted molar refractivity (Wildman–Crippen MR) is 79.2 cm³/mol. The Hall–Kier alpha value is -1.49. The molecule has 0 N–H and O–H groups in total. The second-order valence-electron chi connectivity index (χ2n) is 5.28. The van der Waals surface area contributed by atoms with Crippen LogP contribution >= 0.6 is 11.8 Å². The van der Waals surface area contributed by atoms with E-state index in [9.17, 15) is 9.59 Å². The predicted octanol–water partition coefficient (Wildman–Crippen LogP) is 1.49. The molecule has 0 radical (unpaired) electrons. The van der Waals surface area contributed by atoms with Gasteiger partial charge in [0.25, 0.3) is 0 Å². The van der Waals surface area contributed by atoms with Gasteiger partial charge in [-0.2, -0.15) is 0 Å². The van der Waals surface area contributed by atoms with Crippen LogP contribution in [0.3, 0.4) is 0 Å². The molecule has 1 aromatic carbocycles. The molecule has 0 spiro atoms. The normalized spacial score (nSPS) is 21.8. The Labute approximate surface area is 123 Å². The molecule has 1 unspecified atom stereocenters. The average molecular weight is 290 g/mol. The van der Waals surface area contributed by atoms with Crippen LogP contribution in [0, 0.1) is 0 Å². The summed E-state index contributed by atoms with van der Waals surface area (Å²) in [4.78, 5) is 27.8. The molecule has 0 aromatic heterocycles. The Morgan fingerprint density at radius 2 is 2.00 bits per heavy atom. The molecule has 1 fully saturated rings. The van der Waals surface area contributed by atoms with Crippen molar-refractivity contribution < 1.29 is 9.59 Å². The Morgan fingerprint density at radius 1 is 1.25 bits per heavy atom. The first kappa shape index (κ1) is 13.5. The number of rotatable bonds is 1. The number of hydrogen-bond donors (Lipinski definition) is 0. The van der Waals surface area contributed by atoms with Crippen LogP contribution in [0.1, 0.15) is 18.1 Å². The van der Waals surface area contributed by atoms with Crippen LogP contribution in [0.15, 0.2) is 24.3 Å². The zero-order chi connectivity index (χ0) is 14.1. The molecule has 0 aliphatic carbocycles. The number of fused-ring (bicyclic) bond motifs is 1. The third-order valence-corrected chi connectivity index (χ3v) is 5.03.